The normalized spacial score (nSPS) is 30.2. The largest absolute Gasteiger partial charge is 0.390 e. The first kappa shape index (κ1) is 29.0. The number of rotatable bonds is 6. The third-order valence-electron chi connectivity index (χ3n) is 8.28. The highest BCUT2D eigenvalue weighted by atomic mass is 16.3. The van der Waals surface area contributed by atoms with E-state index in [4.69, 9.17) is 0 Å². The van der Waals surface area contributed by atoms with Crippen molar-refractivity contribution in [3.8, 4) is 0 Å². The lowest BCUT2D eigenvalue weighted by atomic mass is 9.80. The lowest BCUT2D eigenvalue weighted by molar-refractivity contribution is -0.141. The Morgan fingerprint density at radius 1 is 1.10 bits per heavy atom. The molecule has 2 bridgehead atoms. The maximum absolute atomic E-state index is 13.7. The number of fused-ring (bicyclic) bond motifs is 3. The zero-order chi connectivity index (χ0) is 28.1. The Morgan fingerprint density at radius 3 is 2.56 bits per heavy atom. The van der Waals surface area contributed by atoms with Crippen LogP contribution in [0.3, 0.4) is 0 Å². The molecule has 3 fully saturated rings. The van der Waals surface area contributed by atoms with Gasteiger partial charge in [0.2, 0.25) is 23.6 Å². The van der Waals surface area contributed by atoms with Crippen molar-refractivity contribution >= 4 is 23.6 Å². The van der Waals surface area contributed by atoms with Crippen molar-refractivity contribution in [2.24, 2.45) is 11.8 Å². The van der Waals surface area contributed by atoms with Crippen LogP contribution in [0.5, 0.6) is 0 Å². The van der Waals surface area contributed by atoms with Crippen molar-refractivity contribution in [2.75, 3.05) is 19.6 Å². The third kappa shape index (κ3) is 7.57. The molecule has 3 aliphatic heterocycles. The van der Waals surface area contributed by atoms with Gasteiger partial charge in [-0.1, -0.05) is 44.2 Å². The second-order valence-electron chi connectivity index (χ2n) is 11.7. The van der Waals surface area contributed by atoms with Crippen LogP contribution >= 0.6 is 0 Å². The maximum Gasteiger partial charge on any atom is 0.243 e. The standard InChI is InChI=1S/C29H43N5O5/c1-18(2)31-23-13-24-29(39)32-19(3)25(35)14-27(37)33-10-9-21(22(16-33)12-28(38)34(24)17-23)11-26(36)30-15-20-7-5-4-6-8-20/h4-8,18-19,21-25,31,35H,9-17H2,1-3H3,(H,30,36)(H,32,39)/t19-,21-,22-,23-,24-,25-/m0/s1. The Balaban J connectivity index is 1.51. The van der Waals surface area contributed by atoms with Gasteiger partial charge in [-0.05, 0) is 37.2 Å². The number of nitrogens with one attached hydrogen (secondary N) is 3. The van der Waals surface area contributed by atoms with Gasteiger partial charge in [0.15, 0.2) is 0 Å². The van der Waals surface area contributed by atoms with Crippen molar-refractivity contribution < 1.29 is 24.3 Å². The van der Waals surface area contributed by atoms with Gasteiger partial charge in [-0.3, -0.25) is 19.2 Å². The summed E-state index contributed by atoms with van der Waals surface area (Å²) in [5.74, 6) is -1.01. The predicted octanol–water partition coefficient (Wildman–Crippen LogP) is 0.785. The molecule has 1 aromatic rings. The van der Waals surface area contributed by atoms with Gasteiger partial charge in [0.05, 0.1) is 18.6 Å². The molecule has 4 amide bonds. The van der Waals surface area contributed by atoms with Crippen LogP contribution < -0.4 is 16.0 Å². The molecule has 10 heteroatoms. The molecule has 0 spiro atoms. The summed E-state index contributed by atoms with van der Waals surface area (Å²) >= 11 is 0. The first-order valence-electron chi connectivity index (χ1n) is 14.2. The monoisotopic (exact) mass is 541 g/mol. The fourth-order valence-electron chi connectivity index (χ4n) is 6.11. The van der Waals surface area contributed by atoms with E-state index in [0.29, 0.717) is 39.0 Å². The minimum absolute atomic E-state index is 0.0122. The minimum atomic E-state index is -1.03. The van der Waals surface area contributed by atoms with Gasteiger partial charge in [0.25, 0.3) is 0 Å². The molecular formula is C29H43N5O5. The topological polar surface area (TPSA) is 131 Å². The Hall–Kier alpha value is -2.98. The van der Waals surface area contributed by atoms with E-state index in [9.17, 15) is 24.3 Å². The maximum atomic E-state index is 13.7. The van der Waals surface area contributed by atoms with E-state index in [-0.39, 0.29) is 66.8 Å². The number of benzene rings is 1. The van der Waals surface area contributed by atoms with Crippen LogP contribution in [0.4, 0.5) is 0 Å². The van der Waals surface area contributed by atoms with Crippen molar-refractivity contribution in [1.82, 2.24) is 25.8 Å². The molecule has 3 saturated heterocycles. The number of piperidine rings is 1. The highest BCUT2D eigenvalue weighted by Crippen LogP contribution is 2.32. The Morgan fingerprint density at radius 2 is 1.85 bits per heavy atom. The Labute approximate surface area is 230 Å². The van der Waals surface area contributed by atoms with Gasteiger partial charge >= 0.3 is 0 Å². The molecule has 0 aromatic heterocycles. The predicted molar refractivity (Wildman–Crippen MR) is 146 cm³/mol. The van der Waals surface area contributed by atoms with Gasteiger partial charge in [-0.2, -0.15) is 0 Å². The second kappa shape index (κ2) is 12.9. The van der Waals surface area contributed by atoms with E-state index in [2.05, 4.69) is 16.0 Å². The fourth-order valence-corrected chi connectivity index (χ4v) is 6.11. The Bertz CT molecular complexity index is 1030. The van der Waals surface area contributed by atoms with E-state index in [1.807, 2.05) is 44.2 Å². The van der Waals surface area contributed by atoms with Gasteiger partial charge in [0, 0.05) is 51.1 Å². The minimum Gasteiger partial charge on any atom is -0.390 e. The summed E-state index contributed by atoms with van der Waals surface area (Å²) in [6.07, 6.45) is 0.393. The zero-order valence-corrected chi connectivity index (χ0v) is 23.3. The van der Waals surface area contributed by atoms with Gasteiger partial charge in [-0.25, -0.2) is 0 Å². The summed E-state index contributed by atoms with van der Waals surface area (Å²) in [5, 5.41) is 20.0. The number of hydrogen-bond donors (Lipinski definition) is 4. The van der Waals surface area contributed by atoms with E-state index in [1.54, 1.807) is 16.7 Å². The second-order valence-corrected chi connectivity index (χ2v) is 11.7. The highest BCUT2D eigenvalue weighted by molar-refractivity contribution is 5.89. The van der Waals surface area contributed by atoms with Crippen LogP contribution in [-0.2, 0) is 25.7 Å². The molecule has 3 heterocycles. The number of aliphatic hydroxyl groups excluding tert-OH is 1. The van der Waals surface area contributed by atoms with Crippen molar-refractivity contribution in [3.63, 3.8) is 0 Å². The average molecular weight is 542 g/mol. The summed E-state index contributed by atoms with van der Waals surface area (Å²) < 4.78 is 0. The van der Waals surface area contributed by atoms with E-state index >= 15 is 0 Å². The Kier molecular flexibility index (Phi) is 9.61. The molecule has 10 nitrogen and oxygen atoms in total. The molecular weight excluding hydrogens is 498 g/mol. The quantitative estimate of drug-likeness (QED) is 0.421. The number of nitrogens with zero attached hydrogens (tertiary/aromatic N) is 2. The summed E-state index contributed by atoms with van der Waals surface area (Å²) in [4.78, 5) is 56.2. The molecule has 1 aromatic carbocycles. The number of aliphatic hydroxyl groups is 1. The zero-order valence-electron chi connectivity index (χ0n) is 23.3. The molecule has 0 saturated carbocycles. The first-order valence-corrected chi connectivity index (χ1v) is 14.2. The molecule has 0 aliphatic carbocycles. The summed E-state index contributed by atoms with van der Waals surface area (Å²) in [6, 6.07) is 8.62. The van der Waals surface area contributed by atoms with Gasteiger partial charge in [0.1, 0.15) is 6.04 Å². The van der Waals surface area contributed by atoms with Crippen molar-refractivity contribution in [1.29, 1.82) is 0 Å². The molecule has 3 aliphatic rings. The van der Waals surface area contributed by atoms with E-state index in [1.165, 1.54) is 0 Å². The highest BCUT2D eigenvalue weighted by Gasteiger charge is 2.43. The summed E-state index contributed by atoms with van der Waals surface area (Å²) in [5.41, 5.74) is 1.01. The molecule has 214 valence electrons. The third-order valence-corrected chi connectivity index (χ3v) is 8.28. The lowest BCUT2D eigenvalue weighted by Gasteiger charge is -2.39. The summed E-state index contributed by atoms with van der Waals surface area (Å²) in [7, 11) is 0. The lowest BCUT2D eigenvalue weighted by Crippen LogP contribution is -2.51. The van der Waals surface area contributed by atoms with Crippen LogP contribution in [0.2, 0.25) is 0 Å². The van der Waals surface area contributed by atoms with Gasteiger partial charge in [-0.15, -0.1) is 0 Å². The summed E-state index contributed by atoms with van der Waals surface area (Å²) in [6.45, 7) is 7.44. The van der Waals surface area contributed by atoms with Crippen LogP contribution in [0.15, 0.2) is 30.3 Å². The fraction of sp³-hybridized carbons (Fsp3) is 0.655. The van der Waals surface area contributed by atoms with Crippen LogP contribution in [0.1, 0.15) is 58.4 Å². The smallest absolute Gasteiger partial charge is 0.243 e. The number of carbonyl (C=O) groups excluding carboxylic acids is 4. The van der Waals surface area contributed by atoms with Crippen LogP contribution in [0, 0.1) is 11.8 Å². The SMILES string of the molecule is CC(C)N[C@H]1C[C@H]2C(=O)N[C@@H](C)[C@@H](O)CC(=O)N3CC[C@@H](CC(=O)NCc4ccccc4)[C@@H](CC(=O)N2C1)C3. The molecule has 0 radical (unpaired) electrons. The van der Waals surface area contributed by atoms with Crippen molar-refractivity contribution in [2.45, 2.75) is 89.7 Å². The molecule has 39 heavy (non-hydrogen) atoms. The molecule has 4 N–H and O–H groups in total. The van der Waals surface area contributed by atoms with Crippen molar-refractivity contribution in [3.05, 3.63) is 35.9 Å². The molecule has 4 rings (SSSR count). The first-order chi connectivity index (χ1) is 18.6. The average Bonchev–Trinajstić information content (AvgIpc) is 3.32. The van der Waals surface area contributed by atoms with E-state index < -0.39 is 18.2 Å². The van der Waals surface area contributed by atoms with Crippen LogP contribution in [0.25, 0.3) is 0 Å². The number of carbonyl (C=O) groups is 4. The van der Waals surface area contributed by atoms with Crippen LogP contribution in [-0.4, -0.2) is 88.4 Å². The van der Waals surface area contributed by atoms with E-state index in [0.717, 1.165) is 5.56 Å². The molecule has 6 atom stereocenters. The van der Waals surface area contributed by atoms with Gasteiger partial charge < -0.3 is 30.9 Å². The number of hydrogen-bond acceptors (Lipinski definition) is 6. The molecule has 0 unspecified atom stereocenters. The number of amides is 4.